The molecule has 1 saturated carbocycles. The van der Waals surface area contributed by atoms with E-state index in [1.54, 1.807) is 37.4 Å². The summed E-state index contributed by atoms with van der Waals surface area (Å²) in [6.45, 7) is 0.882. The predicted molar refractivity (Wildman–Crippen MR) is 143 cm³/mol. The monoisotopic (exact) mass is 552 g/mol. The lowest BCUT2D eigenvalue weighted by atomic mass is 9.48. The maximum Gasteiger partial charge on any atom is 0.321 e. The van der Waals surface area contributed by atoms with Crippen molar-refractivity contribution in [3.8, 4) is 17.2 Å². The van der Waals surface area contributed by atoms with Gasteiger partial charge in [-0.05, 0) is 75.0 Å². The first-order valence-corrected chi connectivity index (χ1v) is 12.3. The van der Waals surface area contributed by atoms with Gasteiger partial charge in [-0.15, -0.1) is 24.8 Å². The number of likely N-dealkylation sites (tertiary alicyclic amines) is 1. The van der Waals surface area contributed by atoms with Crippen LogP contribution in [0.3, 0.4) is 0 Å². The molecule has 0 amide bonds. The second kappa shape index (κ2) is 9.82. The third kappa shape index (κ3) is 3.80. The van der Waals surface area contributed by atoms with Gasteiger partial charge in [0, 0.05) is 24.8 Å². The van der Waals surface area contributed by atoms with E-state index in [1.807, 2.05) is 6.07 Å². The molecule has 4 N–H and O–H groups in total. The lowest BCUT2D eigenvalue weighted by Crippen LogP contribution is -2.78. The molecule has 2 heterocycles. The average molecular weight is 553 g/mol. The number of phenolic OH excluding ortho intramolecular Hbond substituents is 2. The average Bonchev–Trinajstić information content (AvgIpc) is 3.20. The Morgan fingerprint density at radius 3 is 2.59 bits per heavy atom. The van der Waals surface area contributed by atoms with Crippen LogP contribution in [0, 0.1) is 0 Å². The Morgan fingerprint density at radius 1 is 1.19 bits per heavy atom. The zero-order chi connectivity index (χ0) is 24.5. The van der Waals surface area contributed by atoms with Crippen LogP contribution in [0.4, 0.5) is 0 Å². The van der Waals surface area contributed by atoms with E-state index in [4.69, 9.17) is 9.47 Å². The Kier molecular flexibility index (Phi) is 7.38. The standard InChI is InChI=1S/C27H32N2O6.2ClH/c1-29-12-11-26-22-16-5-8-20(31)23(22)35-24(26)18(9-10-27(26,34-2)21(29)14-16)28-19(25(32)33)13-15-3-6-17(30)7-4-15;;/h3-8,18-19,21,24,28,30-31H,9-14H2,1-2H3,(H,32,33);2*1H/t18?,19-,21+,24?,26-,27+;;/m0../s1. The highest BCUT2D eigenvalue weighted by Gasteiger charge is 2.73. The molecule has 0 radical (unpaired) electrons. The van der Waals surface area contributed by atoms with E-state index in [-0.39, 0.29) is 60.9 Å². The SMILES string of the molecule is CO[C@@]12CCC(N[C@@H](Cc3ccc(O)cc3)C(=O)O)C3Oc4c(O)ccc5c4[C@@]31CCN(C)[C@@H]2C5.Cl.Cl. The van der Waals surface area contributed by atoms with Crippen LogP contribution in [0.2, 0.25) is 0 Å². The van der Waals surface area contributed by atoms with Crippen LogP contribution >= 0.6 is 24.8 Å². The first-order valence-electron chi connectivity index (χ1n) is 12.3. The van der Waals surface area contributed by atoms with E-state index in [2.05, 4.69) is 17.3 Å². The van der Waals surface area contributed by atoms with Crippen molar-refractivity contribution >= 4 is 30.8 Å². The molecule has 1 spiro atoms. The number of hydrogen-bond acceptors (Lipinski definition) is 7. The maximum absolute atomic E-state index is 12.3. The van der Waals surface area contributed by atoms with Crippen LogP contribution < -0.4 is 10.1 Å². The highest BCUT2D eigenvalue weighted by molar-refractivity contribution is 5.85. The number of carboxylic acids is 1. The van der Waals surface area contributed by atoms with E-state index >= 15 is 0 Å². The van der Waals surface area contributed by atoms with Crippen molar-refractivity contribution in [3.63, 3.8) is 0 Å². The summed E-state index contributed by atoms with van der Waals surface area (Å²) in [5.41, 5.74) is 2.15. The van der Waals surface area contributed by atoms with E-state index < -0.39 is 23.0 Å². The summed E-state index contributed by atoms with van der Waals surface area (Å²) in [4.78, 5) is 14.7. The minimum absolute atomic E-state index is 0. The van der Waals surface area contributed by atoms with Crippen LogP contribution in [0.1, 0.15) is 36.0 Å². The topological polar surface area (TPSA) is 111 Å². The molecule has 2 aromatic carbocycles. The van der Waals surface area contributed by atoms with Gasteiger partial charge in [-0.25, -0.2) is 0 Å². The van der Waals surface area contributed by atoms with E-state index in [9.17, 15) is 20.1 Å². The Bertz CT molecular complexity index is 1180. The maximum atomic E-state index is 12.3. The number of ether oxygens (including phenoxy) is 2. The zero-order valence-corrected chi connectivity index (χ0v) is 22.5. The number of aliphatic carboxylic acids is 1. The molecule has 2 aromatic rings. The summed E-state index contributed by atoms with van der Waals surface area (Å²) in [6, 6.07) is 9.50. The Labute approximate surface area is 228 Å². The van der Waals surface area contributed by atoms with Crippen LogP contribution in [0.15, 0.2) is 36.4 Å². The van der Waals surface area contributed by atoms with Crippen LogP contribution in [0.25, 0.3) is 0 Å². The highest BCUT2D eigenvalue weighted by atomic mass is 35.5. The van der Waals surface area contributed by atoms with Crippen molar-refractivity contribution in [2.24, 2.45) is 0 Å². The molecule has 2 unspecified atom stereocenters. The largest absolute Gasteiger partial charge is 0.508 e. The molecule has 0 aromatic heterocycles. The van der Waals surface area contributed by atoms with Crippen LogP contribution in [0.5, 0.6) is 17.2 Å². The number of nitrogens with zero attached hydrogens (tertiary/aromatic N) is 1. The summed E-state index contributed by atoms with van der Waals surface area (Å²) < 4.78 is 13.0. The number of aromatic hydroxyl groups is 2. The van der Waals surface area contributed by atoms with Crippen molar-refractivity contribution in [1.29, 1.82) is 0 Å². The molecule has 2 fully saturated rings. The van der Waals surface area contributed by atoms with Gasteiger partial charge in [0.25, 0.3) is 0 Å². The van der Waals surface area contributed by atoms with Crippen molar-refractivity contribution in [3.05, 3.63) is 53.1 Å². The van der Waals surface area contributed by atoms with E-state index in [1.165, 1.54) is 5.56 Å². The first-order chi connectivity index (χ1) is 16.8. The quantitative estimate of drug-likeness (QED) is 0.432. The normalized spacial score (nSPS) is 31.8. The fourth-order valence-electron chi connectivity index (χ4n) is 7.65. The Hall–Kier alpha value is -2.23. The van der Waals surface area contributed by atoms with Gasteiger partial charge in [-0.2, -0.15) is 0 Å². The third-order valence-electron chi connectivity index (χ3n) is 9.14. The number of methoxy groups -OCH3 is 1. The lowest BCUT2D eigenvalue weighted by molar-refractivity contribution is -0.204. The number of carboxylic acid groups (broad SMARTS) is 1. The first kappa shape index (κ1) is 27.8. The zero-order valence-electron chi connectivity index (χ0n) is 20.8. The Morgan fingerprint density at radius 2 is 1.92 bits per heavy atom. The minimum Gasteiger partial charge on any atom is -0.508 e. The second-order valence-corrected chi connectivity index (χ2v) is 10.6. The fraction of sp³-hybridized carbons (Fsp3) is 0.519. The molecule has 6 atom stereocenters. The van der Waals surface area contributed by atoms with Gasteiger partial charge >= 0.3 is 5.97 Å². The van der Waals surface area contributed by atoms with E-state index in [0.717, 1.165) is 36.9 Å². The van der Waals surface area contributed by atoms with Crippen molar-refractivity contribution in [1.82, 2.24) is 10.2 Å². The van der Waals surface area contributed by atoms with Crippen LogP contribution in [-0.2, 0) is 27.8 Å². The number of halogens is 2. The van der Waals surface area contributed by atoms with Gasteiger partial charge in [-0.3, -0.25) is 10.1 Å². The summed E-state index contributed by atoms with van der Waals surface area (Å²) >= 11 is 0. The van der Waals surface area contributed by atoms with Crippen molar-refractivity contribution < 1.29 is 29.6 Å². The molecule has 2 aliphatic heterocycles. The second-order valence-electron chi connectivity index (χ2n) is 10.6. The minimum atomic E-state index is -0.928. The van der Waals surface area contributed by atoms with Gasteiger partial charge in [0.05, 0.1) is 11.0 Å². The third-order valence-corrected chi connectivity index (χ3v) is 9.14. The summed E-state index contributed by atoms with van der Waals surface area (Å²) in [5, 5.41) is 33.9. The molecule has 2 bridgehead atoms. The molecular formula is C27H34Cl2N2O6. The Balaban J connectivity index is 0.00000160. The molecular weight excluding hydrogens is 519 g/mol. The number of hydrogen-bond donors (Lipinski definition) is 4. The molecule has 8 nitrogen and oxygen atoms in total. The van der Waals surface area contributed by atoms with Gasteiger partial charge in [0.15, 0.2) is 11.5 Å². The number of nitrogens with one attached hydrogen (secondary N) is 1. The molecule has 1 saturated heterocycles. The summed E-state index contributed by atoms with van der Waals surface area (Å²) in [6.07, 6.45) is 3.06. The lowest BCUT2D eigenvalue weighted by Gasteiger charge is -2.65. The number of carbonyl (C=O) groups is 1. The smallest absolute Gasteiger partial charge is 0.321 e. The van der Waals surface area contributed by atoms with Crippen LogP contribution in [-0.4, -0.2) is 76.7 Å². The van der Waals surface area contributed by atoms with Gasteiger partial charge in [-0.1, -0.05) is 18.2 Å². The van der Waals surface area contributed by atoms with Gasteiger partial charge in [0.2, 0.25) is 0 Å². The molecule has 2 aliphatic carbocycles. The number of phenols is 2. The highest BCUT2D eigenvalue weighted by Crippen LogP contribution is 2.66. The number of benzene rings is 2. The molecule has 4 aliphatic rings. The predicted octanol–water partition coefficient (Wildman–Crippen LogP) is 3.03. The molecule has 10 heteroatoms. The molecule has 37 heavy (non-hydrogen) atoms. The summed E-state index contributed by atoms with van der Waals surface area (Å²) in [5.74, 6) is -0.107. The van der Waals surface area contributed by atoms with Gasteiger partial charge < -0.3 is 29.7 Å². The number of rotatable bonds is 6. The summed E-state index contributed by atoms with van der Waals surface area (Å²) in [7, 11) is 3.94. The molecule has 202 valence electrons. The number of piperidine rings is 1. The van der Waals surface area contributed by atoms with Crippen molar-refractivity contribution in [2.75, 3.05) is 20.7 Å². The fourth-order valence-corrected chi connectivity index (χ4v) is 7.65. The van der Waals surface area contributed by atoms with Crippen molar-refractivity contribution in [2.45, 2.75) is 67.3 Å². The number of likely N-dealkylation sites (N-methyl/N-ethyl adjacent to an activating group) is 1. The van der Waals surface area contributed by atoms with E-state index in [0.29, 0.717) is 12.2 Å². The molecule has 6 rings (SSSR count). The van der Waals surface area contributed by atoms with Gasteiger partial charge in [0.1, 0.15) is 17.9 Å².